The zero-order chi connectivity index (χ0) is 16.6. The molecule has 0 unspecified atom stereocenters. The van der Waals surface area contributed by atoms with Crippen LogP contribution in [0.15, 0.2) is 24.3 Å². The van der Waals surface area contributed by atoms with Crippen LogP contribution in [-0.4, -0.2) is 16.9 Å². The number of carbonyl (C=O) groups excluding carboxylic acids is 1. The Balaban J connectivity index is 1.77. The highest BCUT2D eigenvalue weighted by Gasteiger charge is 2.28. The maximum atomic E-state index is 12.7. The lowest BCUT2D eigenvalue weighted by Gasteiger charge is -2.13. The van der Waals surface area contributed by atoms with Crippen LogP contribution in [-0.2, 0) is 6.42 Å². The molecule has 1 N–H and O–H groups in total. The molecule has 1 saturated carbocycles. The molecule has 0 spiro atoms. The second kappa shape index (κ2) is 6.23. The molecule has 0 saturated heterocycles. The minimum Gasteiger partial charge on any atom is -0.377 e. The van der Waals surface area contributed by atoms with Crippen molar-refractivity contribution in [3.05, 3.63) is 52.3 Å². The van der Waals surface area contributed by atoms with Crippen molar-refractivity contribution in [1.82, 2.24) is 4.57 Å². The van der Waals surface area contributed by atoms with Gasteiger partial charge in [-0.15, -0.1) is 0 Å². The lowest BCUT2D eigenvalue weighted by molar-refractivity contribution is 0.101. The van der Waals surface area contributed by atoms with Crippen LogP contribution >= 0.6 is 0 Å². The first-order valence-electron chi connectivity index (χ1n) is 8.57. The molecule has 0 bridgehead atoms. The molecule has 1 aliphatic carbocycles. The fourth-order valence-corrected chi connectivity index (χ4v) is 3.49. The summed E-state index contributed by atoms with van der Waals surface area (Å²) >= 11 is 0. The van der Waals surface area contributed by atoms with Gasteiger partial charge in [-0.05, 0) is 57.2 Å². The summed E-state index contributed by atoms with van der Waals surface area (Å²) in [4.78, 5) is 12.7. The second-order valence-electron chi connectivity index (χ2n) is 6.63. The summed E-state index contributed by atoms with van der Waals surface area (Å²) < 4.78 is 2.33. The smallest absolute Gasteiger partial charge is 0.183 e. The van der Waals surface area contributed by atoms with E-state index in [2.05, 4.69) is 61.8 Å². The molecule has 1 aromatic heterocycles. The number of nitrogens with zero attached hydrogens (tertiary/aromatic N) is 1. The second-order valence-corrected chi connectivity index (χ2v) is 6.63. The first-order chi connectivity index (χ1) is 11.0. The van der Waals surface area contributed by atoms with Gasteiger partial charge in [0.15, 0.2) is 5.78 Å². The highest BCUT2D eigenvalue weighted by Crippen LogP contribution is 2.38. The van der Waals surface area contributed by atoms with Gasteiger partial charge in [0, 0.05) is 28.7 Å². The molecule has 3 rings (SSSR count). The molecule has 1 aliphatic rings. The fourth-order valence-electron chi connectivity index (χ4n) is 3.49. The van der Waals surface area contributed by atoms with E-state index in [1.54, 1.807) is 0 Å². The molecule has 0 aliphatic heterocycles. The topological polar surface area (TPSA) is 34.0 Å². The lowest BCUT2D eigenvalue weighted by atomic mass is 10.1. The van der Waals surface area contributed by atoms with E-state index in [1.807, 2.05) is 0 Å². The van der Waals surface area contributed by atoms with E-state index >= 15 is 0 Å². The van der Waals surface area contributed by atoms with Crippen molar-refractivity contribution < 1.29 is 4.79 Å². The molecule has 0 amide bonds. The first-order valence-corrected chi connectivity index (χ1v) is 8.57. The SMILES string of the molecule is CCc1cccc(C)c1NCC(=O)c1cc(C)n(C2CC2)c1C. The summed E-state index contributed by atoms with van der Waals surface area (Å²) in [6, 6.07) is 8.96. The number of rotatable bonds is 6. The van der Waals surface area contributed by atoms with Gasteiger partial charge < -0.3 is 9.88 Å². The van der Waals surface area contributed by atoms with Crippen molar-refractivity contribution in [1.29, 1.82) is 0 Å². The van der Waals surface area contributed by atoms with Gasteiger partial charge in [-0.3, -0.25) is 4.79 Å². The van der Waals surface area contributed by atoms with Gasteiger partial charge in [0.25, 0.3) is 0 Å². The van der Waals surface area contributed by atoms with Gasteiger partial charge >= 0.3 is 0 Å². The van der Waals surface area contributed by atoms with Crippen molar-refractivity contribution in [2.24, 2.45) is 0 Å². The molecule has 122 valence electrons. The standard InChI is InChI=1S/C20H26N2O/c1-5-16-8-6-7-13(2)20(16)21-12-19(23)18-11-14(3)22(15(18)4)17-9-10-17/h6-8,11,17,21H,5,9-10,12H2,1-4H3. The van der Waals surface area contributed by atoms with Gasteiger partial charge in [0.05, 0.1) is 6.54 Å². The summed E-state index contributed by atoms with van der Waals surface area (Å²) in [6.07, 6.45) is 3.45. The van der Waals surface area contributed by atoms with Gasteiger partial charge in [0.2, 0.25) is 0 Å². The van der Waals surface area contributed by atoms with E-state index in [0.717, 1.165) is 23.4 Å². The first kappa shape index (κ1) is 15.9. The van der Waals surface area contributed by atoms with Crippen LogP contribution in [0.5, 0.6) is 0 Å². The van der Waals surface area contributed by atoms with E-state index in [0.29, 0.717) is 12.6 Å². The van der Waals surface area contributed by atoms with E-state index < -0.39 is 0 Å². The number of Topliss-reactive ketones (excluding diaryl/α,β-unsaturated/α-hetero) is 1. The molecular formula is C20H26N2O. The van der Waals surface area contributed by atoms with E-state index in [9.17, 15) is 4.79 Å². The Morgan fingerprint density at radius 2 is 2.00 bits per heavy atom. The van der Waals surface area contributed by atoms with Crippen molar-refractivity contribution >= 4 is 11.5 Å². The molecule has 23 heavy (non-hydrogen) atoms. The Labute approximate surface area is 138 Å². The molecule has 1 heterocycles. The summed E-state index contributed by atoms with van der Waals surface area (Å²) in [5.74, 6) is 0.176. The Bertz CT molecular complexity index is 738. The average molecular weight is 310 g/mol. The predicted octanol–water partition coefficient (Wildman–Crippen LogP) is 4.61. The number of anilines is 1. The van der Waals surface area contributed by atoms with Crippen LogP contribution in [0.25, 0.3) is 0 Å². The minimum absolute atomic E-state index is 0.176. The summed E-state index contributed by atoms with van der Waals surface area (Å²) in [7, 11) is 0. The van der Waals surface area contributed by atoms with Crippen molar-refractivity contribution in [3.63, 3.8) is 0 Å². The monoisotopic (exact) mass is 310 g/mol. The summed E-state index contributed by atoms with van der Waals surface area (Å²) in [5, 5.41) is 3.37. The number of aromatic nitrogens is 1. The highest BCUT2D eigenvalue weighted by molar-refractivity contribution is 6.00. The molecule has 1 aromatic carbocycles. The number of para-hydroxylation sites is 1. The van der Waals surface area contributed by atoms with E-state index in [-0.39, 0.29) is 5.78 Å². The van der Waals surface area contributed by atoms with Crippen LogP contribution in [0.3, 0.4) is 0 Å². The number of aryl methyl sites for hydroxylation is 3. The van der Waals surface area contributed by atoms with Gasteiger partial charge in [0.1, 0.15) is 0 Å². The van der Waals surface area contributed by atoms with Gasteiger partial charge in [-0.2, -0.15) is 0 Å². The lowest BCUT2D eigenvalue weighted by Crippen LogP contribution is -2.16. The molecule has 0 radical (unpaired) electrons. The Morgan fingerprint density at radius 3 is 2.65 bits per heavy atom. The summed E-state index contributed by atoms with van der Waals surface area (Å²) in [6.45, 7) is 8.76. The number of nitrogens with one attached hydrogen (secondary N) is 1. The molecule has 0 atom stereocenters. The fraction of sp³-hybridized carbons (Fsp3) is 0.450. The minimum atomic E-state index is 0.176. The molecular weight excluding hydrogens is 284 g/mol. The highest BCUT2D eigenvalue weighted by atomic mass is 16.1. The Kier molecular flexibility index (Phi) is 4.29. The molecule has 3 nitrogen and oxygen atoms in total. The number of hydrogen-bond donors (Lipinski definition) is 1. The molecule has 2 aromatic rings. The van der Waals surface area contributed by atoms with Crippen LogP contribution in [0, 0.1) is 20.8 Å². The molecule has 3 heteroatoms. The van der Waals surface area contributed by atoms with Crippen molar-refractivity contribution in [2.75, 3.05) is 11.9 Å². The van der Waals surface area contributed by atoms with E-state index in [4.69, 9.17) is 0 Å². The third kappa shape index (κ3) is 3.05. The average Bonchev–Trinajstić information content (AvgIpc) is 3.31. The van der Waals surface area contributed by atoms with Crippen LogP contribution in [0.2, 0.25) is 0 Å². The predicted molar refractivity (Wildman–Crippen MR) is 95.6 cm³/mol. The van der Waals surface area contributed by atoms with Crippen LogP contribution in [0.1, 0.15) is 58.7 Å². The third-order valence-electron chi connectivity index (χ3n) is 4.86. The maximum absolute atomic E-state index is 12.7. The van der Waals surface area contributed by atoms with Gasteiger partial charge in [-0.1, -0.05) is 25.1 Å². The number of benzene rings is 1. The Morgan fingerprint density at radius 1 is 1.26 bits per heavy atom. The number of carbonyl (C=O) groups is 1. The maximum Gasteiger partial charge on any atom is 0.183 e. The third-order valence-corrected chi connectivity index (χ3v) is 4.86. The van der Waals surface area contributed by atoms with Gasteiger partial charge in [-0.25, -0.2) is 0 Å². The summed E-state index contributed by atoms with van der Waals surface area (Å²) in [5.41, 5.74) is 6.77. The van der Waals surface area contributed by atoms with Crippen LogP contribution < -0.4 is 5.32 Å². The van der Waals surface area contributed by atoms with Crippen molar-refractivity contribution in [3.8, 4) is 0 Å². The van der Waals surface area contributed by atoms with Crippen molar-refractivity contribution in [2.45, 2.75) is 53.0 Å². The normalized spacial score (nSPS) is 14.1. The van der Waals surface area contributed by atoms with E-state index in [1.165, 1.54) is 29.7 Å². The number of ketones is 1. The Hall–Kier alpha value is -2.03. The zero-order valence-electron chi connectivity index (χ0n) is 14.6. The molecule has 1 fully saturated rings. The number of hydrogen-bond acceptors (Lipinski definition) is 2. The zero-order valence-corrected chi connectivity index (χ0v) is 14.6. The largest absolute Gasteiger partial charge is 0.377 e. The quantitative estimate of drug-likeness (QED) is 0.791. The van der Waals surface area contributed by atoms with Crippen LogP contribution in [0.4, 0.5) is 5.69 Å².